The number of nitrogens with one attached hydrogen (secondary N) is 2. The number of hydrogen-bond donors (Lipinski definition) is 2. The highest BCUT2D eigenvalue weighted by molar-refractivity contribution is 7.99. The molecule has 1 aromatic heterocycles. The molecule has 0 aliphatic heterocycles. The highest BCUT2D eigenvalue weighted by atomic mass is 32.2. The Bertz CT molecular complexity index is 1320. The molecule has 0 bridgehead atoms. The number of carbonyl (C=O) groups excluding carboxylic acids is 1. The SMILES string of the molecule is CCOc1ccc(S(=O)(=O)c2cnc(SCC(=O)Nc3cc(OC)ccc3OC)[nH]c2=O)cc1. The first-order valence-electron chi connectivity index (χ1n) is 10.0. The number of nitrogens with zero attached hydrogens (tertiary/aromatic N) is 1. The molecule has 1 heterocycles. The van der Waals surface area contributed by atoms with Gasteiger partial charge in [-0.3, -0.25) is 9.59 Å². The van der Waals surface area contributed by atoms with Crippen molar-refractivity contribution >= 4 is 33.2 Å². The van der Waals surface area contributed by atoms with E-state index in [1.165, 1.54) is 38.5 Å². The molecule has 2 N–H and O–H groups in total. The van der Waals surface area contributed by atoms with Crippen molar-refractivity contribution in [2.45, 2.75) is 21.9 Å². The summed E-state index contributed by atoms with van der Waals surface area (Å²) in [5.41, 5.74) is -0.410. The zero-order valence-electron chi connectivity index (χ0n) is 18.7. The molecule has 10 nitrogen and oxygen atoms in total. The minimum absolute atomic E-state index is 0.0599. The number of methoxy groups -OCH3 is 2. The van der Waals surface area contributed by atoms with Crippen LogP contribution in [0.2, 0.25) is 0 Å². The van der Waals surface area contributed by atoms with E-state index in [0.29, 0.717) is 29.5 Å². The second kappa shape index (κ2) is 11.1. The molecule has 180 valence electrons. The third-order valence-corrected chi connectivity index (χ3v) is 7.15. The molecule has 0 spiro atoms. The number of amides is 1. The van der Waals surface area contributed by atoms with Crippen LogP contribution in [0, 0.1) is 0 Å². The quantitative estimate of drug-likeness (QED) is 0.315. The first kappa shape index (κ1) is 25.1. The Balaban J connectivity index is 1.69. The Morgan fingerprint density at radius 2 is 1.79 bits per heavy atom. The van der Waals surface area contributed by atoms with Gasteiger partial charge in [0.2, 0.25) is 15.7 Å². The highest BCUT2D eigenvalue weighted by Gasteiger charge is 2.22. The van der Waals surface area contributed by atoms with Gasteiger partial charge in [-0.25, -0.2) is 13.4 Å². The summed E-state index contributed by atoms with van der Waals surface area (Å²) in [6.45, 7) is 2.26. The molecule has 0 saturated heterocycles. The van der Waals surface area contributed by atoms with Gasteiger partial charge in [-0.2, -0.15) is 0 Å². The smallest absolute Gasteiger partial charge is 0.270 e. The molecule has 3 aromatic rings. The zero-order valence-corrected chi connectivity index (χ0v) is 20.3. The second-order valence-electron chi connectivity index (χ2n) is 6.69. The standard InChI is InChI=1S/C22H23N3O7S2/c1-4-32-14-5-8-16(9-6-14)34(28,29)19-12-23-22(25-21(19)27)33-13-20(26)24-17-11-15(30-2)7-10-18(17)31-3/h5-12H,4,13H2,1-3H3,(H,24,26)(H,23,25,27). The third-order valence-electron chi connectivity index (χ3n) is 4.50. The van der Waals surface area contributed by atoms with E-state index in [1.54, 1.807) is 18.2 Å². The molecule has 34 heavy (non-hydrogen) atoms. The topological polar surface area (TPSA) is 137 Å². The maximum absolute atomic E-state index is 12.8. The monoisotopic (exact) mass is 505 g/mol. The summed E-state index contributed by atoms with van der Waals surface area (Å²) < 4.78 is 41.3. The summed E-state index contributed by atoms with van der Waals surface area (Å²) in [7, 11) is -1.10. The molecule has 0 unspecified atom stereocenters. The van der Waals surface area contributed by atoms with Gasteiger partial charge in [-0.1, -0.05) is 11.8 Å². The first-order valence-corrected chi connectivity index (χ1v) is 12.5. The number of aromatic amines is 1. The lowest BCUT2D eigenvalue weighted by molar-refractivity contribution is -0.113. The number of thioether (sulfide) groups is 1. The molecule has 0 saturated carbocycles. The number of sulfone groups is 1. The summed E-state index contributed by atoms with van der Waals surface area (Å²) in [6.07, 6.45) is 0.982. The van der Waals surface area contributed by atoms with Crippen molar-refractivity contribution in [3.05, 3.63) is 59.0 Å². The average Bonchev–Trinajstić information content (AvgIpc) is 2.83. The molecule has 12 heteroatoms. The van der Waals surface area contributed by atoms with E-state index in [1.807, 2.05) is 6.92 Å². The van der Waals surface area contributed by atoms with Crippen LogP contribution >= 0.6 is 11.8 Å². The van der Waals surface area contributed by atoms with Gasteiger partial charge in [0, 0.05) is 6.07 Å². The lowest BCUT2D eigenvalue weighted by Crippen LogP contribution is -2.20. The number of hydrogen-bond acceptors (Lipinski definition) is 9. The Morgan fingerprint density at radius 1 is 1.09 bits per heavy atom. The minimum Gasteiger partial charge on any atom is -0.497 e. The van der Waals surface area contributed by atoms with Crippen molar-refractivity contribution in [3.63, 3.8) is 0 Å². The average molecular weight is 506 g/mol. The van der Waals surface area contributed by atoms with Gasteiger partial charge in [-0.15, -0.1) is 0 Å². The van der Waals surface area contributed by atoms with E-state index in [9.17, 15) is 18.0 Å². The summed E-state index contributed by atoms with van der Waals surface area (Å²) >= 11 is 0.946. The van der Waals surface area contributed by atoms with Crippen molar-refractivity contribution in [2.24, 2.45) is 0 Å². The van der Waals surface area contributed by atoms with E-state index >= 15 is 0 Å². The first-order chi connectivity index (χ1) is 16.3. The van der Waals surface area contributed by atoms with E-state index in [-0.39, 0.29) is 21.7 Å². The van der Waals surface area contributed by atoms with Crippen molar-refractivity contribution in [1.29, 1.82) is 0 Å². The van der Waals surface area contributed by atoms with Crippen molar-refractivity contribution in [2.75, 3.05) is 31.9 Å². The molecule has 1 amide bonds. The Kier molecular flexibility index (Phi) is 8.18. The van der Waals surface area contributed by atoms with Crippen LogP contribution in [-0.2, 0) is 14.6 Å². The number of ether oxygens (including phenoxy) is 3. The van der Waals surface area contributed by atoms with Gasteiger partial charge in [-0.05, 0) is 43.3 Å². The van der Waals surface area contributed by atoms with E-state index in [2.05, 4.69) is 15.3 Å². The second-order valence-corrected chi connectivity index (χ2v) is 9.57. The van der Waals surface area contributed by atoms with Crippen LogP contribution < -0.4 is 25.1 Å². The maximum atomic E-state index is 12.8. The van der Waals surface area contributed by atoms with Gasteiger partial charge in [0.15, 0.2) is 10.1 Å². The van der Waals surface area contributed by atoms with Crippen LogP contribution in [0.25, 0.3) is 0 Å². The van der Waals surface area contributed by atoms with Gasteiger partial charge in [0.05, 0.1) is 43.4 Å². The third kappa shape index (κ3) is 5.88. The Morgan fingerprint density at radius 3 is 2.41 bits per heavy atom. The summed E-state index contributed by atoms with van der Waals surface area (Å²) in [4.78, 5) is 30.7. The van der Waals surface area contributed by atoms with Crippen LogP contribution in [0.4, 0.5) is 5.69 Å². The number of H-pyrrole nitrogens is 1. The summed E-state index contributed by atoms with van der Waals surface area (Å²) in [6, 6.07) is 10.7. The highest BCUT2D eigenvalue weighted by Crippen LogP contribution is 2.29. The van der Waals surface area contributed by atoms with Crippen LogP contribution in [-0.4, -0.2) is 50.9 Å². The fraction of sp³-hybridized carbons (Fsp3) is 0.227. The number of benzene rings is 2. The predicted octanol–water partition coefficient (Wildman–Crippen LogP) is 2.75. The van der Waals surface area contributed by atoms with Crippen molar-refractivity contribution < 1.29 is 27.4 Å². The van der Waals surface area contributed by atoms with Crippen molar-refractivity contribution in [1.82, 2.24) is 9.97 Å². The van der Waals surface area contributed by atoms with Crippen LogP contribution in [0.15, 0.2) is 68.4 Å². The Labute approximate surface area is 200 Å². The van der Waals surface area contributed by atoms with Gasteiger partial charge < -0.3 is 24.5 Å². The largest absolute Gasteiger partial charge is 0.497 e. The summed E-state index contributed by atoms with van der Waals surface area (Å²) in [5, 5.41) is 2.80. The lowest BCUT2D eigenvalue weighted by Gasteiger charge is -2.11. The molecule has 0 fully saturated rings. The Hall–Kier alpha value is -3.51. The van der Waals surface area contributed by atoms with Gasteiger partial charge in [0.25, 0.3) is 5.56 Å². The molecule has 0 aliphatic rings. The van der Waals surface area contributed by atoms with Crippen molar-refractivity contribution in [3.8, 4) is 17.2 Å². The molecule has 3 rings (SSSR count). The zero-order chi connectivity index (χ0) is 24.7. The fourth-order valence-electron chi connectivity index (χ4n) is 2.87. The van der Waals surface area contributed by atoms with E-state index in [0.717, 1.165) is 18.0 Å². The fourth-order valence-corrected chi connectivity index (χ4v) is 4.74. The normalized spacial score (nSPS) is 11.0. The molecule has 0 radical (unpaired) electrons. The maximum Gasteiger partial charge on any atom is 0.270 e. The molecular weight excluding hydrogens is 482 g/mol. The van der Waals surface area contributed by atoms with Gasteiger partial charge in [0.1, 0.15) is 17.2 Å². The number of aromatic nitrogens is 2. The van der Waals surface area contributed by atoms with E-state index < -0.39 is 20.3 Å². The van der Waals surface area contributed by atoms with Crippen LogP contribution in [0.5, 0.6) is 17.2 Å². The molecule has 0 atom stereocenters. The lowest BCUT2D eigenvalue weighted by atomic mass is 10.2. The predicted molar refractivity (Wildman–Crippen MR) is 127 cm³/mol. The molecular formula is C22H23N3O7S2. The van der Waals surface area contributed by atoms with Gasteiger partial charge >= 0.3 is 0 Å². The number of anilines is 1. The summed E-state index contributed by atoms with van der Waals surface area (Å²) in [5.74, 6) is 1.04. The molecule has 2 aromatic carbocycles. The van der Waals surface area contributed by atoms with Crippen LogP contribution in [0.1, 0.15) is 6.92 Å². The van der Waals surface area contributed by atoms with E-state index in [4.69, 9.17) is 14.2 Å². The molecule has 0 aliphatic carbocycles. The van der Waals surface area contributed by atoms with Crippen LogP contribution in [0.3, 0.4) is 0 Å². The minimum atomic E-state index is -4.08. The number of carbonyl (C=O) groups is 1. The number of rotatable bonds is 10.